The smallest absolute Gasteiger partial charge is 0.233 e. The summed E-state index contributed by atoms with van der Waals surface area (Å²) >= 11 is 0. The Morgan fingerprint density at radius 1 is 1.50 bits per heavy atom. The summed E-state index contributed by atoms with van der Waals surface area (Å²) in [5.74, 6) is 1.44. The van der Waals surface area contributed by atoms with Crippen molar-refractivity contribution >= 4 is 6.21 Å². The van der Waals surface area contributed by atoms with Crippen molar-refractivity contribution in [1.29, 1.82) is 0 Å². The molecule has 0 aromatic rings. The zero-order chi connectivity index (χ0) is 10.2. The molecule has 1 N–H and O–H groups in total. The van der Waals surface area contributed by atoms with Crippen LogP contribution in [-0.2, 0) is 4.74 Å². The predicted molar refractivity (Wildman–Crippen MR) is 57.0 cm³/mol. The van der Waals surface area contributed by atoms with Gasteiger partial charge in [-0.3, -0.25) is 0 Å². The molecule has 0 bridgehead atoms. The van der Waals surface area contributed by atoms with Crippen LogP contribution in [0.4, 0.5) is 0 Å². The van der Waals surface area contributed by atoms with E-state index in [1.165, 1.54) is 18.5 Å². The number of hydrogen-bond acceptors (Lipinski definition) is 3. The standard InChI is InChI=1S/C11H18N2O/c1-8(2)11(4-5-11)9-10(14-3)13-7-6-12-9/h7-8,12H,4-6H2,1-3H3. The van der Waals surface area contributed by atoms with Crippen LogP contribution in [-0.4, -0.2) is 19.9 Å². The molecule has 2 rings (SSSR count). The molecule has 0 saturated heterocycles. The summed E-state index contributed by atoms with van der Waals surface area (Å²) < 4.78 is 5.30. The lowest BCUT2D eigenvalue weighted by Crippen LogP contribution is -2.30. The van der Waals surface area contributed by atoms with Gasteiger partial charge in [-0.2, -0.15) is 0 Å². The van der Waals surface area contributed by atoms with Crippen LogP contribution in [0.1, 0.15) is 26.7 Å². The average molecular weight is 194 g/mol. The first kappa shape index (κ1) is 9.56. The van der Waals surface area contributed by atoms with Crippen LogP contribution in [0, 0.1) is 11.3 Å². The molecule has 14 heavy (non-hydrogen) atoms. The molecular weight excluding hydrogens is 176 g/mol. The molecule has 0 unspecified atom stereocenters. The highest BCUT2D eigenvalue weighted by molar-refractivity contribution is 5.63. The first-order valence-corrected chi connectivity index (χ1v) is 5.26. The van der Waals surface area contributed by atoms with Crippen molar-refractivity contribution in [2.45, 2.75) is 26.7 Å². The predicted octanol–water partition coefficient (Wildman–Crippen LogP) is 1.91. The van der Waals surface area contributed by atoms with Gasteiger partial charge >= 0.3 is 0 Å². The Morgan fingerprint density at radius 2 is 2.21 bits per heavy atom. The Bertz CT molecular complexity index is 288. The fourth-order valence-electron chi connectivity index (χ4n) is 2.21. The minimum absolute atomic E-state index is 0.323. The van der Waals surface area contributed by atoms with Gasteiger partial charge in [-0.15, -0.1) is 0 Å². The summed E-state index contributed by atoms with van der Waals surface area (Å²) in [5.41, 5.74) is 1.54. The third-order valence-electron chi connectivity index (χ3n) is 3.38. The highest BCUT2D eigenvalue weighted by atomic mass is 16.5. The molecule has 0 spiro atoms. The van der Waals surface area contributed by atoms with Crippen molar-refractivity contribution in [2.24, 2.45) is 16.3 Å². The van der Waals surface area contributed by atoms with Crippen LogP contribution >= 0.6 is 0 Å². The van der Waals surface area contributed by atoms with Crippen LogP contribution in [0.15, 0.2) is 16.6 Å². The third kappa shape index (κ3) is 1.31. The second kappa shape index (κ2) is 3.30. The number of hydrogen-bond donors (Lipinski definition) is 1. The van der Waals surface area contributed by atoms with Crippen LogP contribution < -0.4 is 5.32 Å². The van der Waals surface area contributed by atoms with Gasteiger partial charge in [0.25, 0.3) is 0 Å². The Kier molecular flexibility index (Phi) is 2.25. The second-order valence-corrected chi connectivity index (χ2v) is 4.39. The van der Waals surface area contributed by atoms with E-state index in [4.69, 9.17) is 4.74 Å². The summed E-state index contributed by atoms with van der Waals surface area (Å²) in [4.78, 5) is 4.29. The lowest BCUT2D eigenvalue weighted by molar-refractivity contribution is 0.260. The first-order chi connectivity index (χ1) is 6.70. The SMILES string of the molecule is COC1=C(C2(C(C)C)CC2)NCC=N1. The quantitative estimate of drug-likeness (QED) is 0.744. The van der Waals surface area contributed by atoms with Gasteiger partial charge in [0, 0.05) is 11.6 Å². The molecular formula is C11H18N2O. The van der Waals surface area contributed by atoms with Gasteiger partial charge < -0.3 is 10.1 Å². The van der Waals surface area contributed by atoms with Crippen LogP contribution in [0.3, 0.4) is 0 Å². The number of ether oxygens (including phenoxy) is 1. The minimum Gasteiger partial charge on any atom is -0.480 e. The van der Waals surface area contributed by atoms with E-state index in [2.05, 4.69) is 24.2 Å². The van der Waals surface area contributed by atoms with Gasteiger partial charge in [0.2, 0.25) is 5.88 Å². The van der Waals surface area contributed by atoms with E-state index in [0.29, 0.717) is 11.3 Å². The van der Waals surface area contributed by atoms with Crippen molar-refractivity contribution in [3.8, 4) is 0 Å². The Labute approximate surface area is 85.2 Å². The fourth-order valence-corrected chi connectivity index (χ4v) is 2.21. The minimum atomic E-state index is 0.323. The summed E-state index contributed by atoms with van der Waals surface area (Å²) in [5, 5.41) is 3.41. The third-order valence-corrected chi connectivity index (χ3v) is 3.38. The first-order valence-electron chi connectivity index (χ1n) is 5.26. The molecule has 0 amide bonds. The van der Waals surface area contributed by atoms with Gasteiger partial charge in [0.1, 0.15) is 0 Å². The number of rotatable bonds is 3. The van der Waals surface area contributed by atoms with Crippen molar-refractivity contribution in [1.82, 2.24) is 5.32 Å². The van der Waals surface area contributed by atoms with E-state index in [0.717, 1.165) is 12.4 Å². The van der Waals surface area contributed by atoms with E-state index in [1.54, 1.807) is 7.11 Å². The Balaban J connectivity index is 2.31. The maximum atomic E-state index is 5.30. The molecule has 0 aromatic heterocycles. The summed E-state index contributed by atoms with van der Waals surface area (Å²) in [6.07, 6.45) is 4.38. The molecule has 78 valence electrons. The van der Waals surface area contributed by atoms with E-state index in [1.807, 2.05) is 6.21 Å². The van der Waals surface area contributed by atoms with Gasteiger partial charge in [0.05, 0.1) is 19.4 Å². The average Bonchev–Trinajstić information content (AvgIpc) is 2.98. The topological polar surface area (TPSA) is 33.6 Å². The van der Waals surface area contributed by atoms with Crippen LogP contribution in [0.25, 0.3) is 0 Å². The fraction of sp³-hybridized carbons (Fsp3) is 0.727. The summed E-state index contributed by atoms with van der Waals surface area (Å²) in [6, 6.07) is 0. The number of aliphatic imine (C=N–C) groups is 1. The molecule has 3 nitrogen and oxygen atoms in total. The largest absolute Gasteiger partial charge is 0.480 e. The second-order valence-electron chi connectivity index (χ2n) is 4.39. The maximum Gasteiger partial charge on any atom is 0.233 e. The number of methoxy groups -OCH3 is 1. The van der Waals surface area contributed by atoms with Gasteiger partial charge in [0.15, 0.2) is 0 Å². The highest BCUT2D eigenvalue weighted by Gasteiger charge is 2.50. The molecule has 1 aliphatic carbocycles. The summed E-state index contributed by atoms with van der Waals surface area (Å²) in [7, 11) is 1.69. The molecule has 3 heteroatoms. The summed E-state index contributed by atoms with van der Waals surface area (Å²) in [6.45, 7) is 5.37. The number of allylic oxidation sites excluding steroid dienone is 1. The number of nitrogens with one attached hydrogen (secondary N) is 1. The molecule has 1 heterocycles. The van der Waals surface area contributed by atoms with Crippen molar-refractivity contribution < 1.29 is 4.74 Å². The number of nitrogens with zero attached hydrogens (tertiary/aromatic N) is 1. The van der Waals surface area contributed by atoms with E-state index in [9.17, 15) is 0 Å². The highest BCUT2D eigenvalue weighted by Crippen LogP contribution is 2.57. The Hall–Kier alpha value is -0.990. The maximum absolute atomic E-state index is 5.30. The molecule has 2 aliphatic rings. The lowest BCUT2D eigenvalue weighted by atomic mass is 9.88. The molecule has 0 aromatic carbocycles. The van der Waals surface area contributed by atoms with Crippen LogP contribution in [0.5, 0.6) is 0 Å². The molecule has 0 atom stereocenters. The zero-order valence-electron chi connectivity index (χ0n) is 9.13. The van der Waals surface area contributed by atoms with E-state index in [-0.39, 0.29) is 0 Å². The van der Waals surface area contributed by atoms with E-state index < -0.39 is 0 Å². The molecule has 0 radical (unpaired) electrons. The van der Waals surface area contributed by atoms with Crippen molar-refractivity contribution in [3.63, 3.8) is 0 Å². The zero-order valence-corrected chi connectivity index (χ0v) is 9.13. The van der Waals surface area contributed by atoms with Crippen LogP contribution in [0.2, 0.25) is 0 Å². The Morgan fingerprint density at radius 3 is 2.71 bits per heavy atom. The van der Waals surface area contributed by atoms with Gasteiger partial charge in [-0.25, -0.2) is 4.99 Å². The van der Waals surface area contributed by atoms with Crippen molar-refractivity contribution in [2.75, 3.05) is 13.7 Å². The van der Waals surface area contributed by atoms with Gasteiger partial charge in [-0.05, 0) is 18.8 Å². The van der Waals surface area contributed by atoms with E-state index >= 15 is 0 Å². The molecule has 1 fully saturated rings. The van der Waals surface area contributed by atoms with Crippen molar-refractivity contribution in [3.05, 3.63) is 11.6 Å². The molecule has 1 aliphatic heterocycles. The lowest BCUT2D eigenvalue weighted by Gasteiger charge is -2.27. The van der Waals surface area contributed by atoms with Gasteiger partial charge in [-0.1, -0.05) is 13.8 Å². The normalized spacial score (nSPS) is 23.7. The monoisotopic (exact) mass is 194 g/mol. The molecule has 1 saturated carbocycles.